The molecule has 0 aliphatic heterocycles. The molecule has 0 saturated carbocycles. The van der Waals surface area contributed by atoms with Crippen LogP contribution < -0.4 is 0 Å². The Labute approximate surface area is 309 Å². The van der Waals surface area contributed by atoms with Crippen LogP contribution in [0.2, 0.25) is 0 Å². The minimum absolute atomic E-state index is 0. The Balaban J connectivity index is 0.000000290. The summed E-state index contributed by atoms with van der Waals surface area (Å²) in [5, 5.41) is 15.6. The van der Waals surface area contributed by atoms with E-state index in [1.165, 1.54) is 32.5 Å². The van der Waals surface area contributed by atoms with Crippen LogP contribution >= 0.6 is 11.3 Å². The van der Waals surface area contributed by atoms with Crippen molar-refractivity contribution in [2.75, 3.05) is 0 Å². The Hall–Kier alpha value is -3.70. The van der Waals surface area contributed by atoms with Crippen molar-refractivity contribution >= 4 is 48.9 Å². The fourth-order valence-corrected chi connectivity index (χ4v) is 7.21. The van der Waals surface area contributed by atoms with Gasteiger partial charge in [0.2, 0.25) is 0 Å². The van der Waals surface area contributed by atoms with Gasteiger partial charge in [0.1, 0.15) is 5.01 Å². The van der Waals surface area contributed by atoms with Gasteiger partial charge in [0.05, 0.1) is 16.0 Å². The summed E-state index contributed by atoms with van der Waals surface area (Å²) in [6.07, 6.45) is 6.79. The van der Waals surface area contributed by atoms with Gasteiger partial charge >= 0.3 is 0 Å². The van der Waals surface area contributed by atoms with Crippen LogP contribution in [-0.2, 0) is 30.3 Å². The number of hydrogen-bond acceptors (Lipinski definition) is 5. The average Bonchev–Trinajstić information content (AvgIpc) is 3.50. The number of fused-ring (bicyclic) bond motifs is 3. The van der Waals surface area contributed by atoms with E-state index in [4.69, 9.17) is 9.97 Å². The van der Waals surface area contributed by atoms with Crippen molar-refractivity contribution in [3.05, 3.63) is 109 Å². The molecule has 0 aliphatic rings. The molecule has 0 unspecified atom stereocenters. The first-order chi connectivity index (χ1) is 23.1. The number of hydrogen-bond donors (Lipinski definition) is 1. The molecule has 4 aromatic carbocycles. The zero-order valence-electron chi connectivity index (χ0n) is 29.6. The van der Waals surface area contributed by atoms with E-state index in [1.807, 2.05) is 40.0 Å². The van der Waals surface area contributed by atoms with Gasteiger partial charge in [-0.25, -0.2) is 4.98 Å². The van der Waals surface area contributed by atoms with Crippen LogP contribution in [0, 0.1) is 17.9 Å². The fourth-order valence-electron chi connectivity index (χ4n) is 6.22. The molecule has 0 amide bonds. The standard InChI is InChI=1S/C30H23N2S.C13H24O2.Ir/c1-30(2,3)25-15-23(14-21-10-6-7-11-24(21)25)26-17-22(12-13-31-26)29-32-27-16-19-8-4-5-9-20(19)18-28(27)33-29;1-5-10(6-2)12(14)9-13(15)11(7-3)8-4;/h4-13,15-18H,1-3H3;9-11,14H,5-8H2,1-4H3;/q-1;;/b;12-9-;. The van der Waals surface area contributed by atoms with Gasteiger partial charge in [-0.05, 0) is 60.1 Å². The molecule has 4 nitrogen and oxygen atoms in total. The average molecular weight is 848 g/mol. The number of thiazole rings is 1. The maximum Gasteiger partial charge on any atom is 0.162 e. The monoisotopic (exact) mass is 848 g/mol. The number of carbonyl (C=O) groups excluding carboxylic acids is 1. The normalized spacial score (nSPS) is 12.0. The molecule has 2 aromatic heterocycles. The molecule has 0 fully saturated rings. The summed E-state index contributed by atoms with van der Waals surface area (Å²) in [6, 6.07) is 31.4. The molecule has 6 heteroatoms. The molecule has 0 atom stereocenters. The number of benzene rings is 4. The molecule has 1 N–H and O–H groups in total. The molecule has 49 heavy (non-hydrogen) atoms. The number of pyridine rings is 1. The maximum absolute atomic E-state index is 11.7. The van der Waals surface area contributed by atoms with Crippen molar-refractivity contribution in [1.29, 1.82) is 0 Å². The topological polar surface area (TPSA) is 63.1 Å². The Kier molecular flexibility index (Phi) is 13.1. The van der Waals surface area contributed by atoms with Crippen LogP contribution in [0.15, 0.2) is 96.9 Å². The van der Waals surface area contributed by atoms with E-state index in [0.717, 1.165) is 58.4 Å². The second-order valence-corrected chi connectivity index (χ2v) is 14.5. The summed E-state index contributed by atoms with van der Waals surface area (Å²) >= 11 is 1.73. The van der Waals surface area contributed by atoms with E-state index in [1.54, 1.807) is 11.3 Å². The number of aromatic nitrogens is 2. The molecule has 0 saturated heterocycles. The van der Waals surface area contributed by atoms with Crippen LogP contribution in [0.3, 0.4) is 0 Å². The zero-order chi connectivity index (χ0) is 34.4. The predicted octanol–water partition coefficient (Wildman–Crippen LogP) is 12.3. The van der Waals surface area contributed by atoms with Gasteiger partial charge in [0.15, 0.2) is 5.78 Å². The molecule has 257 valence electrons. The molecule has 0 spiro atoms. The third kappa shape index (κ3) is 8.91. The van der Waals surface area contributed by atoms with E-state index in [-0.39, 0.29) is 48.9 Å². The van der Waals surface area contributed by atoms with Gasteiger partial charge in [-0.2, -0.15) is 0 Å². The van der Waals surface area contributed by atoms with Crippen molar-refractivity contribution in [3.63, 3.8) is 0 Å². The Morgan fingerprint density at radius 1 is 0.857 bits per heavy atom. The molecule has 6 rings (SSSR count). The first kappa shape index (κ1) is 38.1. The zero-order valence-corrected chi connectivity index (χ0v) is 32.8. The quantitative estimate of drug-likeness (QED) is 0.0894. The van der Waals surface area contributed by atoms with Gasteiger partial charge in [0, 0.05) is 55.5 Å². The van der Waals surface area contributed by atoms with E-state index in [9.17, 15) is 9.90 Å². The number of allylic oxidation sites excluding steroid dienone is 2. The summed E-state index contributed by atoms with van der Waals surface area (Å²) in [5.41, 5.74) is 5.41. The Morgan fingerprint density at radius 3 is 2.14 bits per heavy atom. The molecule has 0 bridgehead atoms. The van der Waals surface area contributed by atoms with E-state index in [2.05, 4.69) is 99.6 Å². The molecular formula is C43H47IrN2O2S-. The smallest absolute Gasteiger partial charge is 0.162 e. The SMILES string of the molecule is CC(C)(C)c1cc(-c2cc(-c3nc4cc5ccccc5cc4s3)ccn2)[c-]c2ccccc12.CCC(CC)C(=O)/C=C(\O)C(CC)CC.[Ir]. The van der Waals surface area contributed by atoms with Gasteiger partial charge in [-0.15, -0.1) is 40.5 Å². The van der Waals surface area contributed by atoms with Crippen molar-refractivity contribution in [3.8, 4) is 21.8 Å². The number of carbonyl (C=O) groups is 1. The molecule has 0 aliphatic carbocycles. The second kappa shape index (κ2) is 16.8. The summed E-state index contributed by atoms with van der Waals surface area (Å²) < 4.78 is 1.20. The number of aliphatic hydroxyl groups is 1. The van der Waals surface area contributed by atoms with Gasteiger partial charge < -0.3 is 5.11 Å². The Bertz CT molecular complexity index is 2010. The van der Waals surface area contributed by atoms with Crippen LogP contribution in [0.5, 0.6) is 0 Å². The number of rotatable bonds is 9. The molecule has 2 heterocycles. The number of nitrogens with zero attached hydrogens (tertiary/aromatic N) is 2. The van der Waals surface area contributed by atoms with Crippen molar-refractivity contribution in [2.45, 2.75) is 79.6 Å². The van der Waals surface area contributed by atoms with Crippen molar-refractivity contribution < 1.29 is 30.0 Å². The van der Waals surface area contributed by atoms with Gasteiger partial charge in [-0.1, -0.05) is 108 Å². The summed E-state index contributed by atoms with van der Waals surface area (Å²) in [5.74, 6) is 0.547. The third-order valence-electron chi connectivity index (χ3n) is 9.20. The van der Waals surface area contributed by atoms with Crippen molar-refractivity contribution in [2.24, 2.45) is 11.8 Å². The third-order valence-corrected chi connectivity index (χ3v) is 10.3. The maximum atomic E-state index is 11.7. The Morgan fingerprint density at radius 2 is 1.49 bits per heavy atom. The first-order valence-electron chi connectivity index (χ1n) is 17.2. The van der Waals surface area contributed by atoms with E-state index < -0.39 is 0 Å². The van der Waals surface area contributed by atoms with Crippen LogP contribution in [0.1, 0.15) is 79.7 Å². The number of aliphatic hydroxyl groups excluding tert-OH is 1. The molecular weight excluding hydrogens is 801 g/mol. The van der Waals surface area contributed by atoms with Crippen molar-refractivity contribution in [1.82, 2.24) is 9.97 Å². The summed E-state index contributed by atoms with van der Waals surface area (Å²) in [4.78, 5) is 21.4. The minimum Gasteiger partial charge on any atom is -0.512 e. The largest absolute Gasteiger partial charge is 0.512 e. The van der Waals surface area contributed by atoms with Crippen LogP contribution in [0.4, 0.5) is 0 Å². The molecule has 6 aromatic rings. The summed E-state index contributed by atoms with van der Waals surface area (Å²) in [7, 11) is 0. The van der Waals surface area contributed by atoms with Crippen LogP contribution in [0.25, 0.3) is 53.6 Å². The summed E-state index contributed by atoms with van der Waals surface area (Å²) in [6.45, 7) is 14.8. The number of ketones is 1. The van der Waals surface area contributed by atoms with E-state index in [0.29, 0.717) is 0 Å². The first-order valence-corrected chi connectivity index (χ1v) is 18.0. The van der Waals surface area contributed by atoms with E-state index >= 15 is 0 Å². The molecule has 1 radical (unpaired) electrons. The second-order valence-electron chi connectivity index (χ2n) is 13.5. The van der Waals surface area contributed by atoms with Crippen LogP contribution in [-0.4, -0.2) is 20.9 Å². The van der Waals surface area contributed by atoms with Gasteiger partial charge in [-0.3, -0.25) is 9.78 Å². The minimum atomic E-state index is 0. The fraction of sp³-hybridized carbons (Fsp3) is 0.326. The van der Waals surface area contributed by atoms with Gasteiger partial charge in [0.25, 0.3) is 0 Å². The predicted molar refractivity (Wildman–Crippen MR) is 205 cm³/mol.